The SMILES string of the molecule is CCC(O)(CC)c1c(Cl)cccc1Br. The second-order valence-corrected chi connectivity index (χ2v) is 4.60. The molecule has 0 spiro atoms. The highest BCUT2D eigenvalue weighted by atomic mass is 79.9. The van der Waals surface area contributed by atoms with E-state index in [2.05, 4.69) is 15.9 Å². The number of benzene rings is 1. The predicted octanol–water partition coefficient (Wildman–Crippen LogP) is 4.11. The molecule has 1 rings (SSSR count). The van der Waals surface area contributed by atoms with E-state index in [0.29, 0.717) is 17.9 Å². The fourth-order valence-corrected chi connectivity index (χ4v) is 2.75. The van der Waals surface area contributed by atoms with Crippen molar-refractivity contribution in [2.45, 2.75) is 32.3 Å². The summed E-state index contributed by atoms with van der Waals surface area (Å²) in [6, 6.07) is 5.57. The summed E-state index contributed by atoms with van der Waals surface area (Å²) in [4.78, 5) is 0. The molecule has 0 aliphatic heterocycles. The summed E-state index contributed by atoms with van der Waals surface area (Å²) in [5.74, 6) is 0. The minimum absolute atomic E-state index is 0.616. The molecule has 0 fully saturated rings. The maximum absolute atomic E-state index is 10.3. The lowest BCUT2D eigenvalue weighted by Gasteiger charge is -2.27. The van der Waals surface area contributed by atoms with Crippen molar-refractivity contribution in [1.82, 2.24) is 0 Å². The molecule has 0 aliphatic carbocycles. The minimum atomic E-state index is -0.822. The van der Waals surface area contributed by atoms with E-state index in [-0.39, 0.29) is 0 Å². The van der Waals surface area contributed by atoms with Gasteiger partial charge in [0.15, 0.2) is 0 Å². The molecule has 78 valence electrons. The Balaban J connectivity index is 3.29. The van der Waals surface area contributed by atoms with Crippen LogP contribution in [0.15, 0.2) is 22.7 Å². The molecule has 3 heteroatoms. The largest absolute Gasteiger partial charge is 0.385 e. The van der Waals surface area contributed by atoms with Crippen LogP contribution in [0.5, 0.6) is 0 Å². The molecule has 0 heterocycles. The van der Waals surface area contributed by atoms with E-state index < -0.39 is 5.60 Å². The van der Waals surface area contributed by atoms with Crippen LogP contribution in [-0.4, -0.2) is 5.11 Å². The Kier molecular flexibility index (Phi) is 3.99. The Labute approximate surface area is 98.2 Å². The molecule has 1 aromatic carbocycles. The first kappa shape index (κ1) is 12.0. The van der Waals surface area contributed by atoms with Crippen molar-refractivity contribution >= 4 is 27.5 Å². The molecule has 0 radical (unpaired) electrons. The lowest BCUT2D eigenvalue weighted by molar-refractivity contribution is 0.0278. The van der Waals surface area contributed by atoms with Gasteiger partial charge >= 0.3 is 0 Å². The molecule has 0 amide bonds. The van der Waals surface area contributed by atoms with Crippen molar-refractivity contribution in [2.75, 3.05) is 0 Å². The van der Waals surface area contributed by atoms with Gasteiger partial charge in [0.25, 0.3) is 0 Å². The first-order valence-electron chi connectivity index (χ1n) is 4.72. The Morgan fingerprint density at radius 2 is 1.93 bits per heavy atom. The molecule has 1 N–H and O–H groups in total. The Bertz CT molecular complexity index is 301. The van der Waals surface area contributed by atoms with Crippen LogP contribution in [-0.2, 0) is 5.60 Å². The van der Waals surface area contributed by atoms with Crippen molar-refractivity contribution in [3.8, 4) is 0 Å². The van der Waals surface area contributed by atoms with Crippen molar-refractivity contribution in [3.63, 3.8) is 0 Å². The van der Waals surface area contributed by atoms with Gasteiger partial charge in [-0.3, -0.25) is 0 Å². The van der Waals surface area contributed by atoms with E-state index in [9.17, 15) is 5.11 Å². The van der Waals surface area contributed by atoms with Crippen LogP contribution in [0.4, 0.5) is 0 Å². The quantitative estimate of drug-likeness (QED) is 0.881. The van der Waals surface area contributed by atoms with E-state index >= 15 is 0 Å². The lowest BCUT2D eigenvalue weighted by atomic mass is 9.89. The number of rotatable bonds is 3. The molecular formula is C11H14BrClO. The number of hydrogen-bond acceptors (Lipinski definition) is 1. The van der Waals surface area contributed by atoms with Crippen LogP contribution in [0.1, 0.15) is 32.3 Å². The Hall–Kier alpha value is -0.0500. The average molecular weight is 278 g/mol. The summed E-state index contributed by atoms with van der Waals surface area (Å²) < 4.78 is 0.871. The molecule has 0 bridgehead atoms. The second-order valence-electron chi connectivity index (χ2n) is 3.34. The van der Waals surface area contributed by atoms with Crippen LogP contribution in [0.2, 0.25) is 5.02 Å². The van der Waals surface area contributed by atoms with Crippen molar-refractivity contribution in [2.24, 2.45) is 0 Å². The van der Waals surface area contributed by atoms with Crippen LogP contribution in [0.25, 0.3) is 0 Å². The molecule has 14 heavy (non-hydrogen) atoms. The zero-order valence-electron chi connectivity index (χ0n) is 8.35. The molecule has 0 unspecified atom stereocenters. The zero-order chi connectivity index (χ0) is 10.8. The summed E-state index contributed by atoms with van der Waals surface area (Å²) in [5.41, 5.74) is -0.0244. The van der Waals surface area contributed by atoms with Crippen molar-refractivity contribution in [3.05, 3.63) is 33.3 Å². The van der Waals surface area contributed by atoms with Gasteiger partial charge in [-0.2, -0.15) is 0 Å². The summed E-state index contributed by atoms with van der Waals surface area (Å²) in [6.07, 6.45) is 1.32. The third kappa shape index (κ3) is 2.13. The molecule has 0 aromatic heterocycles. The molecule has 0 saturated carbocycles. The first-order chi connectivity index (χ1) is 6.55. The maximum Gasteiger partial charge on any atom is 0.0916 e. The summed E-state index contributed by atoms with van der Waals surface area (Å²) in [6.45, 7) is 3.92. The summed E-state index contributed by atoms with van der Waals surface area (Å²) in [5, 5.41) is 11.0. The molecular weight excluding hydrogens is 263 g/mol. The van der Waals surface area contributed by atoms with Gasteiger partial charge in [0.05, 0.1) is 5.60 Å². The van der Waals surface area contributed by atoms with Crippen LogP contribution in [0, 0.1) is 0 Å². The third-order valence-electron chi connectivity index (χ3n) is 2.60. The van der Waals surface area contributed by atoms with Crippen molar-refractivity contribution < 1.29 is 5.11 Å². The molecule has 0 saturated heterocycles. The minimum Gasteiger partial charge on any atom is -0.385 e. The highest BCUT2D eigenvalue weighted by Gasteiger charge is 2.29. The zero-order valence-corrected chi connectivity index (χ0v) is 10.7. The van der Waals surface area contributed by atoms with Gasteiger partial charge in [-0.25, -0.2) is 0 Å². The van der Waals surface area contributed by atoms with E-state index in [4.69, 9.17) is 11.6 Å². The van der Waals surface area contributed by atoms with Gasteiger partial charge < -0.3 is 5.11 Å². The van der Waals surface area contributed by atoms with Gasteiger partial charge in [-0.15, -0.1) is 0 Å². The van der Waals surface area contributed by atoms with E-state index in [1.54, 1.807) is 6.07 Å². The highest BCUT2D eigenvalue weighted by molar-refractivity contribution is 9.10. The monoisotopic (exact) mass is 276 g/mol. The topological polar surface area (TPSA) is 20.2 Å². The standard InChI is InChI=1S/C11H14BrClO/c1-3-11(14,4-2)10-8(12)6-5-7-9(10)13/h5-7,14H,3-4H2,1-2H3. The molecule has 1 aromatic rings. The van der Waals surface area contributed by atoms with Gasteiger partial charge in [-0.05, 0) is 25.0 Å². The van der Waals surface area contributed by atoms with Gasteiger partial charge in [0, 0.05) is 15.1 Å². The molecule has 1 nitrogen and oxygen atoms in total. The Morgan fingerprint density at radius 1 is 1.36 bits per heavy atom. The van der Waals surface area contributed by atoms with E-state index in [1.165, 1.54) is 0 Å². The van der Waals surface area contributed by atoms with Crippen LogP contribution >= 0.6 is 27.5 Å². The van der Waals surface area contributed by atoms with E-state index in [1.807, 2.05) is 26.0 Å². The smallest absolute Gasteiger partial charge is 0.0916 e. The maximum atomic E-state index is 10.3. The number of hydrogen-bond donors (Lipinski definition) is 1. The van der Waals surface area contributed by atoms with Crippen LogP contribution in [0.3, 0.4) is 0 Å². The van der Waals surface area contributed by atoms with Crippen molar-refractivity contribution in [1.29, 1.82) is 0 Å². The van der Waals surface area contributed by atoms with Gasteiger partial charge in [-0.1, -0.05) is 47.4 Å². The summed E-state index contributed by atoms with van der Waals surface area (Å²) >= 11 is 9.50. The predicted molar refractivity (Wildman–Crippen MR) is 63.6 cm³/mol. The van der Waals surface area contributed by atoms with Crippen LogP contribution < -0.4 is 0 Å². The van der Waals surface area contributed by atoms with Gasteiger partial charge in [0.2, 0.25) is 0 Å². The second kappa shape index (κ2) is 4.65. The van der Waals surface area contributed by atoms with Gasteiger partial charge in [0.1, 0.15) is 0 Å². The molecule has 0 atom stereocenters. The summed E-state index contributed by atoms with van der Waals surface area (Å²) in [7, 11) is 0. The van der Waals surface area contributed by atoms with E-state index in [0.717, 1.165) is 10.0 Å². The normalized spacial score (nSPS) is 11.8. The Morgan fingerprint density at radius 3 is 2.36 bits per heavy atom. The number of halogens is 2. The highest BCUT2D eigenvalue weighted by Crippen LogP contribution is 2.38. The number of aliphatic hydroxyl groups is 1. The first-order valence-corrected chi connectivity index (χ1v) is 5.89. The third-order valence-corrected chi connectivity index (χ3v) is 3.57. The fourth-order valence-electron chi connectivity index (χ4n) is 1.55. The molecule has 0 aliphatic rings. The fraction of sp³-hybridized carbons (Fsp3) is 0.455. The average Bonchev–Trinajstić information content (AvgIpc) is 2.17. The lowest BCUT2D eigenvalue weighted by Crippen LogP contribution is -2.24.